The number of carbonyl (C=O) groups excluding carboxylic acids is 1. The second-order valence-corrected chi connectivity index (χ2v) is 8.08. The first-order valence-corrected chi connectivity index (χ1v) is 10.1. The average molecular weight is 420 g/mol. The van der Waals surface area contributed by atoms with Gasteiger partial charge in [0, 0.05) is 30.7 Å². The Morgan fingerprint density at radius 1 is 1.27 bits per heavy atom. The van der Waals surface area contributed by atoms with Gasteiger partial charge < -0.3 is 20.0 Å². The van der Waals surface area contributed by atoms with E-state index >= 15 is 0 Å². The van der Waals surface area contributed by atoms with Crippen molar-refractivity contribution in [1.29, 1.82) is 0 Å². The van der Waals surface area contributed by atoms with Crippen molar-refractivity contribution in [3.05, 3.63) is 28.7 Å². The summed E-state index contributed by atoms with van der Waals surface area (Å²) in [6, 6.07) is 4.63. The molecule has 4 unspecified atom stereocenters. The molecule has 10 heteroatoms. The Bertz CT molecular complexity index is 936. The van der Waals surface area contributed by atoms with Crippen LogP contribution in [-0.2, 0) is 9.59 Å². The second-order valence-electron chi connectivity index (χ2n) is 8.08. The second kappa shape index (κ2) is 7.75. The van der Waals surface area contributed by atoms with Crippen LogP contribution in [0.2, 0.25) is 0 Å². The molecule has 3 aliphatic rings. The van der Waals surface area contributed by atoms with Crippen molar-refractivity contribution in [3.63, 3.8) is 0 Å². The quantitative estimate of drug-likeness (QED) is 0.693. The lowest BCUT2D eigenvalue weighted by molar-refractivity contribution is -0.541. The molecule has 30 heavy (non-hydrogen) atoms. The number of anilines is 2. The third-order valence-corrected chi connectivity index (χ3v) is 6.25. The molecule has 3 heterocycles. The number of hydrogen-bond donors (Lipinski definition) is 2. The van der Waals surface area contributed by atoms with Crippen LogP contribution in [-0.4, -0.2) is 82.9 Å². The van der Waals surface area contributed by atoms with Crippen LogP contribution in [0.15, 0.2) is 18.2 Å². The normalized spacial score (nSPS) is 30.7. The number of carboxylic acid groups (broad SMARTS) is 1. The fraction of sp³-hybridized carbons (Fsp3) is 0.550. The lowest BCUT2D eigenvalue weighted by atomic mass is 9.88. The van der Waals surface area contributed by atoms with Gasteiger partial charge in [0.1, 0.15) is 6.54 Å². The van der Waals surface area contributed by atoms with Crippen LogP contribution in [0.5, 0.6) is 0 Å². The SMILES string of the molecule is CN1c2cc(C3CC[N+](=CC(=O)O)CC3F)ccc2N(C2CCC[N+](=O)C2=O)C1O. The molecule has 0 saturated carbocycles. The number of rotatable bonds is 3. The molecule has 0 aromatic heterocycles. The number of nitrogens with zero attached hydrogens (tertiary/aromatic N) is 4. The van der Waals surface area contributed by atoms with E-state index in [9.17, 15) is 24.0 Å². The van der Waals surface area contributed by atoms with Gasteiger partial charge in [0.05, 0.1) is 16.1 Å². The number of fused-ring (bicyclic) bond motifs is 1. The molecular formula is C20H25FN4O5+2. The summed E-state index contributed by atoms with van der Waals surface area (Å²) in [6.45, 7) is 0.611. The molecule has 0 bridgehead atoms. The number of benzene rings is 1. The molecular weight excluding hydrogens is 395 g/mol. The molecule has 2 saturated heterocycles. The minimum atomic E-state index is -1.23. The summed E-state index contributed by atoms with van der Waals surface area (Å²) in [7, 11) is 1.69. The number of aliphatic hydroxyl groups is 1. The summed E-state index contributed by atoms with van der Waals surface area (Å²) >= 11 is 0. The fourth-order valence-electron chi connectivity index (χ4n) is 4.70. The Morgan fingerprint density at radius 2 is 2.03 bits per heavy atom. The summed E-state index contributed by atoms with van der Waals surface area (Å²) in [4.78, 5) is 38.2. The third kappa shape index (κ3) is 3.45. The first-order valence-electron chi connectivity index (χ1n) is 10.1. The van der Waals surface area contributed by atoms with Gasteiger partial charge in [-0.05, 0) is 24.1 Å². The number of halogens is 1. The van der Waals surface area contributed by atoms with Crippen LogP contribution >= 0.6 is 0 Å². The summed E-state index contributed by atoms with van der Waals surface area (Å²) in [5, 5.41) is 19.6. The zero-order chi connectivity index (χ0) is 21.6. The summed E-state index contributed by atoms with van der Waals surface area (Å²) in [5.74, 6) is -2.04. The zero-order valence-electron chi connectivity index (χ0n) is 16.6. The molecule has 2 N–H and O–H groups in total. The van der Waals surface area contributed by atoms with Gasteiger partial charge in [-0.2, -0.15) is 0 Å². The molecule has 2 fully saturated rings. The van der Waals surface area contributed by atoms with Gasteiger partial charge in [-0.3, -0.25) is 0 Å². The van der Waals surface area contributed by atoms with E-state index in [1.165, 1.54) is 4.58 Å². The topological polar surface area (TPSA) is 104 Å². The average Bonchev–Trinajstić information content (AvgIpc) is 2.94. The number of carboxylic acids is 1. The molecule has 4 rings (SSSR count). The van der Waals surface area contributed by atoms with Crippen molar-refractivity contribution in [1.82, 2.24) is 0 Å². The number of nitroso groups, excluding NO2 is 1. The number of hydrogen-bond acceptors (Lipinski definition) is 6. The van der Waals surface area contributed by atoms with Crippen molar-refractivity contribution in [2.75, 3.05) is 36.5 Å². The third-order valence-electron chi connectivity index (χ3n) is 6.25. The van der Waals surface area contributed by atoms with Crippen LogP contribution in [0.4, 0.5) is 15.8 Å². The highest BCUT2D eigenvalue weighted by Gasteiger charge is 2.47. The number of carbonyl (C=O) groups is 2. The molecule has 0 spiro atoms. The van der Waals surface area contributed by atoms with Crippen molar-refractivity contribution in [2.45, 2.75) is 43.7 Å². The van der Waals surface area contributed by atoms with Crippen LogP contribution in [0.25, 0.3) is 0 Å². The van der Waals surface area contributed by atoms with Gasteiger partial charge in [-0.1, -0.05) is 6.07 Å². The molecule has 0 aliphatic carbocycles. The Kier molecular flexibility index (Phi) is 5.27. The van der Waals surface area contributed by atoms with E-state index < -0.39 is 30.4 Å². The van der Waals surface area contributed by atoms with Crippen molar-refractivity contribution >= 4 is 29.5 Å². The van der Waals surface area contributed by atoms with E-state index in [1.807, 2.05) is 6.07 Å². The lowest BCUT2D eigenvalue weighted by Crippen LogP contribution is -2.54. The van der Waals surface area contributed by atoms with Crippen LogP contribution in [0.1, 0.15) is 30.7 Å². The predicted molar refractivity (Wildman–Crippen MR) is 106 cm³/mol. The van der Waals surface area contributed by atoms with E-state index in [4.69, 9.17) is 5.11 Å². The largest absolute Gasteiger partial charge is 0.474 e. The minimum absolute atomic E-state index is 0.00848. The van der Waals surface area contributed by atoms with Crippen LogP contribution in [0, 0.1) is 4.91 Å². The van der Waals surface area contributed by atoms with Gasteiger partial charge in [0.15, 0.2) is 18.8 Å². The number of alkyl halides is 1. The first kappa shape index (κ1) is 20.4. The molecule has 4 atom stereocenters. The maximum Gasteiger partial charge on any atom is 0.455 e. The molecule has 1 aromatic carbocycles. The molecule has 160 valence electrons. The van der Waals surface area contributed by atoms with E-state index in [0.29, 0.717) is 41.9 Å². The van der Waals surface area contributed by atoms with E-state index in [-0.39, 0.29) is 19.0 Å². The Labute approximate surface area is 172 Å². The molecule has 9 nitrogen and oxygen atoms in total. The van der Waals surface area contributed by atoms with E-state index in [2.05, 4.69) is 0 Å². The zero-order valence-corrected chi connectivity index (χ0v) is 16.6. The van der Waals surface area contributed by atoms with Crippen molar-refractivity contribution in [3.8, 4) is 0 Å². The molecule has 1 aromatic rings. The van der Waals surface area contributed by atoms with Crippen molar-refractivity contribution < 1.29 is 33.5 Å². The number of aliphatic hydroxyl groups excluding tert-OH is 1. The molecule has 1 amide bonds. The summed E-state index contributed by atoms with van der Waals surface area (Å²) < 4.78 is 16.7. The van der Waals surface area contributed by atoms with Crippen molar-refractivity contribution in [2.24, 2.45) is 0 Å². The van der Waals surface area contributed by atoms with Crippen LogP contribution in [0.3, 0.4) is 0 Å². The summed E-state index contributed by atoms with van der Waals surface area (Å²) in [5.41, 5.74) is 2.06. The van der Waals surface area contributed by atoms with Gasteiger partial charge in [-0.15, -0.1) is 0 Å². The maximum atomic E-state index is 14.8. The Morgan fingerprint density at radius 3 is 2.73 bits per heavy atom. The number of piperidine rings is 2. The predicted octanol–water partition coefficient (Wildman–Crippen LogP) is 0.680. The fourth-order valence-corrected chi connectivity index (χ4v) is 4.70. The monoisotopic (exact) mass is 420 g/mol. The Balaban J connectivity index is 1.60. The van der Waals surface area contributed by atoms with Gasteiger partial charge in [0.25, 0.3) is 0 Å². The standard InChI is InChI=1S/C20H24FN4O5/c1-22-17-9-12(13-6-8-23(10-14(13)21)11-18(26)27)4-5-15(17)25(20(22)29)16-3-2-7-24(30)19(16)28/h4-5,9,11,13-14,16,20,29H,2-3,6-8,10H2,1H3/q+1/p+1. The van der Waals surface area contributed by atoms with Gasteiger partial charge >= 0.3 is 11.9 Å². The lowest BCUT2D eigenvalue weighted by Gasteiger charge is -2.31. The van der Waals surface area contributed by atoms with Gasteiger partial charge in [-0.25, -0.2) is 18.6 Å². The number of aliphatic carboxylic acids is 1. The minimum Gasteiger partial charge on any atom is -0.474 e. The highest BCUT2D eigenvalue weighted by Crippen LogP contribution is 2.43. The van der Waals surface area contributed by atoms with E-state index in [1.54, 1.807) is 29.0 Å². The summed E-state index contributed by atoms with van der Waals surface area (Å²) in [6.07, 6.45) is 0.197. The highest BCUT2D eigenvalue weighted by atomic mass is 19.1. The van der Waals surface area contributed by atoms with Gasteiger partial charge in [0.2, 0.25) is 19.1 Å². The maximum absolute atomic E-state index is 14.8. The van der Waals surface area contributed by atoms with Crippen LogP contribution < -0.4 is 9.80 Å². The Hall–Kier alpha value is -2.88. The smallest absolute Gasteiger partial charge is 0.455 e. The number of amides is 1. The molecule has 0 radical (unpaired) electrons. The first-order chi connectivity index (χ1) is 14.3. The van der Waals surface area contributed by atoms with E-state index in [0.717, 1.165) is 11.8 Å². The highest BCUT2D eigenvalue weighted by molar-refractivity contribution is 6.19. The molecule has 3 aliphatic heterocycles.